The van der Waals surface area contributed by atoms with Gasteiger partial charge in [0.25, 0.3) is 0 Å². The van der Waals surface area contributed by atoms with Gasteiger partial charge in [-0.05, 0) is 74.5 Å². The van der Waals surface area contributed by atoms with Gasteiger partial charge in [0, 0.05) is 49.2 Å². The minimum Gasteiger partial charge on any atom is -0.491 e. The Balaban J connectivity index is 0.924. The van der Waals surface area contributed by atoms with Crippen molar-refractivity contribution in [2.24, 2.45) is 0 Å². The molecule has 262 valence electrons. The molecule has 0 amide bonds. The second-order valence-corrected chi connectivity index (χ2v) is 12.5. The molecular formula is C35H38F2N8O5. The van der Waals surface area contributed by atoms with E-state index in [0.717, 1.165) is 43.6 Å². The van der Waals surface area contributed by atoms with Gasteiger partial charge in [-0.1, -0.05) is 0 Å². The summed E-state index contributed by atoms with van der Waals surface area (Å²) in [4.78, 5) is 21.4. The van der Waals surface area contributed by atoms with Crippen LogP contribution in [-0.2, 0) is 21.8 Å². The first-order valence-corrected chi connectivity index (χ1v) is 16.5. The summed E-state index contributed by atoms with van der Waals surface area (Å²) < 4.78 is 51.1. The number of hydrogen-bond donors (Lipinski definition) is 1. The zero-order valence-corrected chi connectivity index (χ0v) is 27.7. The summed E-state index contributed by atoms with van der Waals surface area (Å²) >= 11 is 0. The van der Waals surface area contributed by atoms with Crippen LogP contribution in [0.4, 0.5) is 20.2 Å². The number of piperazine rings is 1. The average Bonchev–Trinajstić information content (AvgIpc) is 3.88. The molecule has 2 aromatic heterocycles. The monoisotopic (exact) mass is 688 g/mol. The van der Waals surface area contributed by atoms with Gasteiger partial charge in [0.2, 0.25) is 5.79 Å². The molecule has 2 aliphatic rings. The lowest BCUT2D eigenvalue weighted by molar-refractivity contribution is -0.192. The Bertz CT molecular complexity index is 1940. The van der Waals surface area contributed by atoms with Gasteiger partial charge in [-0.25, -0.2) is 32.5 Å². The highest BCUT2D eigenvalue weighted by molar-refractivity contribution is 5.54. The van der Waals surface area contributed by atoms with Gasteiger partial charge in [-0.2, -0.15) is 10.2 Å². The van der Waals surface area contributed by atoms with Gasteiger partial charge in [-0.15, -0.1) is 0 Å². The highest BCUT2D eigenvalue weighted by Gasteiger charge is 2.46. The Labute approximate surface area is 286 Å². The smallest absolute Gasteiger partial charge is 0.350 e. The molecule has 2 fully saturated rings. The van der Waals surface area contributed by atoms with Crippen molar-refractivity contribution >= 4 is 11.4 Å². The molecule has 0 radical (unpaired) electrons. The first-order chi connectivity index (χ1) is 24.2. The zero-order valence-electron chi connectivity index (χ0n) is 27.7. The van der Waals surface area contributed by atoms with Crippen LogP contribution >= 0.6 is 0 Å². The number of aliphatic hydroxyl groups excluding tert-OH is 1. The molecule has 7 rings (SSSR count). The fraction of sp³-hybridized carbons (Fsp3) is 0.371. The molecule has 0 aliphatic carbocycles. The van der Waals surface area contributed by atoms with Gasteiger partial charge in [0.1, 0.15) is 55.6 Å². The number of aromatic nitrogens is 6. The van der Waals surface area contributed by atoms with E-state index in [0.29, 0.717) is 11.4 Å². The van der Waals surface area contributed by atoms with E-state index in [2.05, 4.69) is 25.0 Å². The van der Waals surface area contributed by atoms with Crippen molar-refractivity contribution in [3.05, 3.63) is 113 Å². The van der Waals surface area contributed by atoms with Gasteiger partial charge in [-0.3, -0.25) is 0 Å². The Kier molecular flexibility index (Phi) is 9.35. The van der Waals surface area contributed by atoms with Crippen molar-refractivity contribution in [2.45, 2.75) is 44.4 Å². The number of halogens is 2. The Hall–Kier alpha value is -5.12. The molecule has 50 heavy (non-hydrogen) atoms. The maximum Gasteiger partial charge on any atom is 0.350 e. The molecule has 13 nitrogen and oxygen atoms in total. The van der Waals surface area contributed by atoms with E-state index < -0.39 is 35.7 Å². The summed E-state index contributed by atoms with van der Waals surface area (Å²) in [5.74, 6) is -2.33. The largest absolute Gasteiger partial charge is 0.491 e. The molecule has 4 atom stereocenters. The van der Waals surface area contributed by atoms with E-state index in [-0.39, 0.29) is 31.0 Å². The number of benzene rings is 3. The van der Waals surface area contributed by atoms with Gasteiger partial charge in [0.05, 0.1) is 24.4 Å². The second-order valence-electron chi connectivity index (χ2n) is 12.5. The predicted molar refractivity (Wildman–Crippen MR) is 179 cm³/mol. The fourth-order valence-electron chi connectivity index (χ4n) is 6.25. The van der Waals surface area contributed by atoms with E-state index in [1.165, 1.54) is 45.0 Å². The van der Waals surface area contributed by atoms with Crippen LogP contribution in [-0.4, -0.2) is 85.8 Å². The van der Waals surface area contributed by atoms with Crippen LogP contribution in [0.2, 0.25) is 0 Å². The lowest BCUT2D eigenvalue weighted by Gasteiger charge is -2.37. The van der Waals surface area contributed by atoms with Crippen molar-refractivity contribution in [2.75, 3.05) is 49.2 Å². The lowest BCUT2D eigenvalue weighted by atomic mass is 10.0. The van der Waals surface area contributed by atoms with E-state index in [9.17, 15) is 18.7 Å². The summed E-state index contributed by atoms with van der Waals surface area (Å²) in [5, 5.41) is 18.1. The van der Waals surface area contributed by atoms with Crippen molar-refractivity contribution in [3.63, 3.8) is 0 Å². The number of aliphatic hydroxyl groups is 1. The number of rotatable bonds is 11. The number of ether oxygens (including phenoxy) is 3. The number of hydrogen-bond acceptors (Lipinski definition) is 10. The van der Waals surface area contributed by atoms with Crippen molar-refractivity contribution in [1.29, 1.82) is 0 Å². The average molecular weight is 689 g/mol. The van der Waals surface area contributed by atoms with Gasteiger partial charge < -0.3 is 29.1 Å². The molecular weight excluding hydrogens is 650 g/mol. The zero-order chi connectivity index (χ0) is 34.8. The maximum atomic E-state index is 14.9. The summed E-state index contributed by atoms with van der Waals surface area (Å²) in [6.07, 6.45) is 3.11. The maximum absolute atomic E-state index is 14.9. The Morgan fingerprint density at radius 3 is 2.20 bits per heavy atom. The molecule has 2 aliphatic heterocycles. The van der Waals surface area contributed by atoms with E-state index in [1.54, 1.807) is 13.8 Å². The summed E-state index contributed by atoms with van der Waals surface area (Å²) in [5.41, 5.74) is 2.64. The molecule has 1 N–H and O–H groups in total. The van der Waals surface area contributed by atoms with Crippen molar-refractivity contribution in [1.82, 2.24) is 29.1 Å². The predicted octanol–water partition coefficient (Wildman–Crippen LogP) is 3.52. The molecule has 0 unspecified atom stereocenters. The Morgan fingerprint density at radius 2 is 1.58 bits per heavy atom. The number of nitrogens with zero attached hydrogens (tertiary/aromatic N) is 8. The summed E-state index contributed by atoms with van der Waals surface area (Å²) in [6, 6.07) is 18.5. The van der Waals surface area contributed by atoms with Gasteiger partial charge >= 0.3 is 5.69 Å². The standard InChI is InChI=1S/C35H38F2N8O5/c1-24(25(2)46)45-34(47)44(23-40-45)29-6-4-27(5-7-29)41-13-15-42(16-14-41)28-8-10-30(11-9-28)48-18-31-19-49-35(50-31,20-43-22-38-21-39-43)32-12-3-26(36)17-33(32)37/h3-12,17,21-25,31,46H,13-16,18-20H2,1-2H3/t24-,25+,31-,35-/m0/s1. The van der Waals surface area contributed by atoms with E-state index in [1.807, 2.05) is 48.5 Å². The highest BCUT2D eigenvalue weighted by Crippen LogP contribution is 2.38. The lowest BCUT2D eigenvalue weighted by Crippen LogP contribution is -2.46. The molecule has 15 heteroatoms. The minimum atomic E-state index is -1.52. The third-order valence-electron chi connectivity index (χ3n) is 9.23. The molecule has 2 saturated heterocycles. The van der Waals surface area contributed by atoms with E-state index in [4.69, 9.17) is 14.2 Å². The minimum absolute atomic E-state index is 0.0259. The number of anilines is 2. The topological polar surface area (TPSA) is 125 Å². The molecule has 4 heterocycles. The highest BCUT2D eigenvalue weighted by atomic mass is 19.1. The van der Waals surface area contributed by atoms with Crippen molar-refractivity contribution < 1.29 is 28.1 Å². The fourth-order valence-corrected chi connectivity index (χ4v) is 6.25. The van der Waals surface area contributed by atoms with Gasteiger partial charge in [0.15, 0.2) is 0 Å². The van der Waals surface area contributed by atoms with Crippen LogP contribution in [0.15, 0.2) is 90.5 Å². The van der Waals surface area contributed by atoms with Crippen LogP contribution < -0.4 is 20.2 Å². The Morgan fingerprint density at radius 1 is 0.920 bits per heavy atom. The first kappa shape index (κ1) is 33.4. The molecule has 0 saturated carbocycles. The molecule has 0 spiro atoms. The van der Waals surface area contributed by atoms with E-state index >= 15 is 0 Å². The second kappa shape index (κ2) is 14.0. The third-order valence-corrected chi connectivity index (χ3v) is 9.23. The van der Waals surface area contributed by atoms with Crippen LogP contribution in [0.3, 0.4) is 0 Å². The normalized spacial score (nSPS) is 20.6. The molecule has 5 aromatic rings. The first-order valence-electron chi connectivity index (χ1n) is 16.5. The molecule has 3 aromatic carbocycles. The van der Waals surface area contributed by atoms with Crippen LogP contribution in [0.25, 0.3) is 5.69 Å². The van der Waals surface area contributed by atoms with Crippen molar-refractivity contribution in [3.8, 4) is 11.4 Å². The molecule has 0 bridgehead atoms. The quantitative estimate of drug-likeness (QED) is 0.221. The van der Waals surface area contributed by atoms with Crippen LogP contribution in [0, 0.1) is 11.6 Å². The SMILES string of the molecule is C[C@@H](O)[C@H](C)n1ncn(-c2ccc(N3CCN(c4ccc(OC[C@H]5CO[C@](Cn6cncn6)(c6ccc(F)cc6F)O5)cc4)CC3)cc2)c1=O. The third kappa shape index (κ3) is 6.84. The summed E-state index contributed by atoms with van der Waals surface area (Å²) in [7, 11) is 0. The van der Waals surface area contributed by atoms with Crippen LogP contribution in [0.1, 0.15) is 25.5 Å². The van der Waals surface area contributed by atoms with Crippen LogP contribution in [0.5, 0.6) is 5.75 Å². The summed E-state index contributed by atoms with van der Waals surface area (Å²) in [6.45, 7) is 7.02.